The summed E-state index contributed by atoms with van der Waals surface area (Å²) < 4.78 is 13.2. The van der Waals surface area contributed by atoms with Crippen LogP contribution in [-0.4, -0.2) is 16.9 Å². The van der Waals surface area contributed by atoms with E-state index in [1.54, 1.807) is 0 Å². The summed E-state index contributed by atoms with van der Waals surface area (Å²) in [6, 6.07) is 3.22. The van der Waals surface area contributed by atoms with Gasteiger partial charge in [-0.1, -0.05) is 12.8 Å². The number of halogens is 1. The van der Waals surface area contributed by atoms with Crippen molar-refractivity contribution in [1.29, 1.82) is 0 Å². The summed E-state index contributed by atoms with van der Waals surface area (Å²) in [6.45, 7) is 1.94. The summed E-state index contributed by atoms with van der Waals surface area (Å²) in [6.07, 6.45) is 4.52. The summed E-state index contributed by atoms with van der Waals surface area (Å²) in [5.41, 5.74) is -0.561. The highest BCUT2D eigenvalue weighted by Crippen LogP contribution is 2.27. The third-order valence-electron chi connectivity index (χ3n) is 3.87. The highest BCUT2D eigenvalue weighted by atomic mass is 19.1. The molecule has 0 radical (unpaired) electrons. The third kappa shape index (κ3) is 3.12. The van der Waals surface area contributed by atoms with Crippen molar-refractivity contribution in [1.82, 2.24) is 5.32 Å². The van der Waals surface area contributed by atoms with Gasteiger partial charge in [-0.15, -0.1) is 0 Å². The molecule has 1 amide bonds. The number of nitro benzene ring substituents is 1. The van der Waals surface area contributed by atoms with Crippen LogP contribution in [0.2, 0.25) is 0 Å². The number of hydrogen-bond acceptors (Lipinski definition) is 3. The molecule has 20 heavy (non-hydrogen) atoms. The van der Waals surface area contributed by atoms with Crippen LogP contribution in [0, 0.1) is 21.8 Å². The molecule has 5 nitrogen and oxygen atoms in total. The molecule has 2 rings (SSSR count). The first-order valence-electron chi connectivity index (χ1n) is 6.74. The van der Waals surface area contributed by atoms with E-state index in [2.05, 4.69) is 5.32 Å². The minimum atomic E-state index is -0.935. The summed E-state index contributed by atoms with van der Waals surface area (Å²) in [4.78, 5) is 21.9. The molecule has 6 heteroatoms. The van der Waals surface area contributed by atoms with Crippen molar-refractivity contribution in [2.75, 3.05) is 0 Å². The van der Waals surface area contributed by atoms with E-state index in [1.165, 1.54) is 18.9 Å². The predicted octanol–water partition coefficient (Wildman–Crippen LogP) is 3.04. The van der Waals surface area contributed by atoms with Gasteiger partial charge < -0.3 is 5.32 Å². The number of nitrogens with one attached hydrogen (secondary N) is 1. The number of benzene rings is 1. The van der Waals surface area contributed by atoms with Crippen LogP contribution >= 0.6 is 0 Å². The lowest BCUT2D eigenvalue weighted by molar-refractivity contribution is -0.387. The molecule has 0 aliphatic heterocycles. The van der Waals surface area contributed by atoms with E-state index in [4.69, 9.17) is 0 Å². The van der Waals surface area contributed by atoms with Gasteiger partial charge >= 0.3 is 5.69 Å². The standard InChI is InChI=1S/C14H17FN2O3/c1-9(10-4-2-3-5-10)16-14(18)11-6-7-12(15)13(8-11)17(19)20/h6-10H,2-5H2,1H3,(H,16,18). The van der Waals surface area contributed by atoms with Crippen LogP contribution in [0.1, 0.15) is 43.0 Å². The van der Waals surface area contributed by atoms with Crippen LogP contribution in [0.15, 0.2) is 18.2 Å². The minimum Gasteiger partial charge on any atom is -0.349 e. The summed E-state index contributed by atoms with van der Waals surface area (Å²) >= 11 is 0. The zero-order chi connectivity index (χ0) is 14.7. The average Bonchev–Trinajstić information content (AvgIpc) is 2.92. The zero-order valence-electron chi connectivity index (χ0n) is 11.3. The van der Waals surface area contributed by atoms with Crippen molar-refractivity contribution in [2.45, 2.75) is 38.6 Å². The lowest BCUT2D eigenvalue weighted by Gasteiger charge is -2.20. The van der Waals surface area contributed by atoms with Gasteiger partial charge in [0.1, 0.15) is 0 Å². The number of carbonyl (C=O) groups excluding carboxylic acids is 1. The molecule has 1 saturated carbocycles. The van der Waals surface area contributed by atoms with E-state index in [0.29, 0.717) is 5.92 Å². The molecule has 1 aromatic rings. The number of nitro groups is 1. The second kappa shape index (κ2) is 5.98. The molecule has 0 spiro atoms. The van der Waals surface area contributed by atoms with E-state index in [1.807, 2.05) is 6.92 Å². The van der Waals surface area contributed by atoms with Gasteiger partial charge in [0.15, 0.2) is 0 Å². The maximum Gasteiger partial charge on any atom is 0.305 e. The maximum absolute atomic E-state index is 13.2. The fraction of sp³-hybridized carbons (Fsp3) is 0.500. The quantitative estimate of drug-likeness (QED) is 0.680. The number of rotatable bonds is 4. The Kier molecular flexibility index (Phi) is 4.32. The van der Waals surface area contributed by atoms with Crippen LogP contribution in [0.3, 0.4) is 0 Å². The largest absolute Gasteiger partial charge is 0.349 e. The third-order valence-corrected chi connectivity index (χ3v) is 3.87. The first-order chi connectivity index (χ1) is 9.49. The Bertz CT molecular complexity index is 527. The molecule has 1 atom stereocenters. The minimum absolute atomic E-state index is 0.0223. The Balaban J connectivity index is 2.08. The molecule has 108 valence electrons. The van der Waals surface area contributed by atoms with E-state index in [9.17, 15) is 19.3 Å². The maximum atomic E-state index is 13.2. The molecule has 1 fully saturated rings. The van der Waals surface area contributed by atoms with Gasteiger partial charge in [-0.2, -0.15) is 4.39 Å². The monoisotopic (exact) mass is 280 g/mol. The lowest BCUT2D eigenvalue weighted by atomic mass is 9.99. The average molecular weight is 280 g/mol. The van der Waals surface area contributed by atoms with E-state index in [-0.39, 0.29) is 11.6 Å². The molecule has 1 aliphatic rings. The van der Waals surface area contributed by atoms with Crippen LogP contribution in [0.25, 0.3) is 0 Å². The highest BCUT2D eigenvalue weighted by molar-refractivity contribution is 5.95. The molecular weight excluding hydrogens is 263 g/mol. The van der Waals surface area contributed by atoms with Crippen molar-refractivity contribution in [3.05, 3.63) is 39.7 Å². The molecular formula is C14H17FN2O3. The van der Waals surface area contributed by atoms with E-state index in [0.717, 1.165) is 25.0 Å². The number of hydrogen-bond donors (Lipinski definition) is 1. The number of carbonyl (C=O) groups is 1. The van der Waals surface area contributed by atoms with Gasteiger partial charge in [0.05, 0.1) is 4.92 Å². The van der Waals surface area contributed by atoms with Crippen molar-refractivity contribution >= 4 is 11.6 Å². The molecule has 1 aromatic carbocycles. The predicted molar refractivity (Wildman–Crippen MR) is 71.9 cm³/mol. The lowest BCUT2D eigenvalue weighted by Crippen LogP contribution is -2.37. The first kappa shape index (κ1) is 14.4. The molecule has 0 aromatic heterocycles. The van der Waals surface area contributed by atoms with Gasteiger partial charge in [-0.3, -0.25) is 14.9 Å². The number of amides is 1. The SMILES string of the molecule is CC(NC(=O)c1ccc(F)c([N+](=O)[O-])c1)C1CCCC1. The van der Waals surface area contributed by atoms with Crippen molar-refractivity contribution in [2.24, 2.45) is 5.92 Å². The molecule has 0 bridgehead atoms. The van der Waals surface area contributed by atoms with Crippen LogP contribution in [0.5, 0.6) is 0 Å². The fourth-order valence-electron chi connectivity index (χ4n) is 2.66. The van der Waals surface area contributed by atoms with Gasteiger partial charge in [-0.25, -0.2) is 0 Å². The van der Waals surface area contributed by atoms with Crippen LogP contribution in [0.4, 0.5) is 10.1 Å². The van der Waals surface area contributed by atoms with Gasteiger partial charge in [-0.05, 0) is 37.8 Å². The molecule has 1 N–H and O–H groups in total. The van der Waals surface area contributed by atoms with E-state index >= 15 is 0 Å². The van der Waals surface area contributed by atoms with Crippen molar-refractivity contribution in [3.63, 3.8) is 0 Å². The fourth-order valence-corrected chi connectivity index (χ4v) is 2.66. The Hall–Kier alpha value is -1.98. The van der Waals surface area contributed by atoms with Gasteiger partial charge in [0.2, 0.25) is 5.82 Å². The molecule has 1 aliphatic carbocycles. The van der Waals surface area contributed by atoms with Gasteiger partial charge in [0.25, 0.3) is 5.91 Å². The Labute approximate surface area is 116 Å². The summed E-state index contributed by atoms with van der Waals surface area (Å²) in [5.74, 6) is -0.878. The second-order valence-electron chi connectivity index (χ2n) is 5.23. The van der Waals surface area contributed by atoms with Crippen LogP contribution < -0.4 is 5.32 Å². The molecule has 0 heterocycles. The topological polar surface area (TPSA) is 72.2 Å². The summed E-state index contributed by atoms with van der Waals surface area (Å²) in [7, 11) is 0. The number of nitrogens with zero attached hydrogens (tertiary/aromatic N) is 1. The highest BCUT2D eigenvalue weighted by Gasteiger charge is 2.24. The summed E-state index contributed by atoms with van der Waals surface area (Å²) in [5, 5.41) is 13.5. The molecule has 0 saturated heterocycles. The van der Waals surface area contributed by atoms with E-state index < -0.39 is 22.3 Å². The van der Waals surface area contributed by atoms with Gasteiger partial charge in [0, 0.05) is 17.7 Å². The first-order valence-corrected chi connectivity index (χ1v) is 6.74. The Morgan fingerprint density at radius 1 is 1.45 bits per heavy atom. The zero-order valence-corrected chi connectivity index (χ0v) is 11.3. The van der Waals surface area contributed by atoms with Crippen LogP contribution in [-0.2, 0) is 0 Å². The Morgan fingerprint density at radius 2 is 2.10 bits per heavy atom. The van der Waals surface area contributed by atoms with Crippen molar-refractivity contribution in [3.8, 4) is 0 Å². The molecule has 1 unspecified atom stereocenters. The Morgan fingerprint density at radius 3 is 2.70 bits per heavy atom. The van der Waals surface area contributed by atoms with Crippen molar-refractivity contribution < 1.29 is 14.1 Å². The smallest absolute Gasteiger partial charge is 0.305 e. The normalized spacial score (nSPS) is 16.9. The second-order valence-corrected chi connectivity index (χ2v) is 5.23.